The Hall–Kier alpha value is -0.690. The van der Waals surface area contributed by atoms with E-state index in [4.69, 9.17) is 16.3 Å². The Morgan fingerprint density at radius 1 is 1.13 bits per heavy atom. The zero-order valence-corrected chi connectivity index (χ0v) is 10.4. The highest BCUT2D eigenvalue weighted by atomic mass is 35.5. The van der Waals surface area contributed by atoms with E-state index in [-0.39, 0.29) is 5.38 Å². The molecule has 15 heavy (non-hydrogen) atoms. The molecule has 0 aromatic heterocycles. The highest BCUT2D eigenvalue weighted by Crippen LogP contribution is 2.28. The molecule has 0 amide bonds. The summed E-state index contributed by atoms with van der Waals surface area (Å²) in [6.45, 7) is 4.44. The molecule has 0 aliphatic rings. The van der Waals surface area contributed by atoms with Gasteiger partial charge in [-0.25, -0.2) is 0 Å². The van der Waals surface area contributed by atoms with E-state index in [1.165, 1.54) is 12.0 Å². The van der Waals surface area contributed by atoms with Gasteiger partial charge in [-0.1, -0.05) is 26.0 Å². The van der Waals surface area contributed by atoms with E-state index in [9.17, 15) is 0 Å². The predicted molar refractivity (Wildman–Crippen MR) is 65.7 cm³/mol. The van der Waals surface area contributed by atoms with Gasteiger partial charge >= 0.3 is 0 Å². The monoisotopic (exact) mass is 226 g/mol. The Balaban J connectivity index is 2.54. The molecule has 0 heterocycles. The van der Waals surface area contributed by atoms with E-state index < -0.39 is 0 Å². The first kappa shape index (κ1) is 12.4. The van der Waals surface area contributed by atoms with Crippen molar-refractivity contribution in [2.24, 2.45) is 5.92 Å². The maximum atomic E-state index is 6.31. The van der Waals surface area contributed by atoms with Gasteiger partial charge < -0.3 is 4.74 Å². The number of ether oxygens (including phenoxy) is 1. The summed E-state index contributed by atoms with van der Waals surface area (Å²) in [5.41, 5.74) is 1.18. The lowest BCUT2D eigenvalue weighted by Crippen LogP contribution is -1.94. The number of halogens is 1. The van der Waals surface area contributed by atoms with Gasteiger partial charge in [-0.05, 0) is 36.5 Å². The van der Waals surface area contributed by atoms with E-state index in [2.05, 4.69) is 13.8 Å². The second-order valence-electron chi connectivity index (χ2n) is 4.21. The largest absolute Gasteiger partial charge is 0.497 e. The number of benzene rings is 1. The van der Waals surface area contributed by atoms with Crippen molar-refractivity contribution in [3.05, 3.63) is 29.8 Å². The number of hydrogen-bond acceptors (Lipinski definition) is 1. The molecular formula is C13H19ClO. The van der Waals surface area contributed by atoms with Gasteiger partial charge in [0.1, 0.15) is 5.75 Å². The van der Waals surface area contributed by atoms with E-state index in [0.29, 0.717) is 5.92 Å². The molecular weight excluding hydrogens is 208 g/mol. The average Bonchev–Trinajstić information content (AvgIpc) is 2.26. The SMILES string of the molecule is COc1ccc(C(Cl)CCC(C)C)cc1. The fourth-order valence-electron chi connectivity index (χ4n) is 1.46. The molecule has 1 rings (SSSR count). The van der Waals surface area contributed by atoms with Gasteiger partial charge in [0, 0.05) is 0 Å². The van der Waals surface area contributed by atoms with Crippen LogP contribution in [0.15, 0.2) is 24.3 Å². The highest BCUT2D eigenvalue weighted by molar-refractivity contribution is 6.20. The first-order valence-corrected chi connectivity index (χ1v) is 5.85. The molecule has 0 radical (unpaired) electrons. The molecule has 0 aliphatic carbocycles. The molecule has 0 saturated carbocycles. The van der Waals surface area contributed by atoms with Crippen molar-refractivity contribution in [1.82, 2.24) is 0 Å². The summed E-state index contributed by atoms with van der Waals surface area (Å²) in [5.74, 6) is 1.59. The Bertz CT molecular complexity index is 279. The maximum Gasteiger partial charge on any atom is 0.118 e. The number of methoxy groups -OCH3 is 1. The van der Waals surface area contributed by atoms with Crippen molar-refractivity contribution in [1.29, 1.82) is 0 Å². The van der Waals surface area contributed by atoms with E-state index in [0.717, 1.165) is 12.2 Å². The summed E-state index contributed by atoms with van der Waals surface area (Å²) in [6, 6.07) is 7.99. The maximum absolute atomic E-state index is 6.31. The number of rotatable bonds is 5. The summed E-state index contributed by atoms with van der Waals surface area (Å²) >= 11 is 6.31. The van der Waals surface area contributed by atoms with Crippen molar-refractivity contribution >= 4 is 11.6 Å². The number of alkyl halides is 1. The molecule has 1 aromatic carbocycles. The molecule has 0 fully saturated rings. The van der Waals surface area contributed by atoms with Crippen LogP contribution in [0.5, 0.6) is 5.75 Å². The smallest absolute Gasteiger partial charge is 0.118 e. The van der Waals surface area contributed by atoms with Crippen molar-refractivity contribution in [2.45, 2.75) is 32.1 Å². The zero-order valence-electron chi connectivity index (χ0n) is 9.66. The van der Waals surface area contributed by atoms with Crippen LogP contribution in [0.3, 0.4) is 0 Å². The Labute approximate surface area is 97.4 Å². The van der Waals surface area contributed by atoms with Gasteiger partial charge in [0.05, 0.1) is 12.5 Å². The predicted octanol–water partition coefficient (Wildman–Crippen LogP) is 4.41. The minimum absolute atomic E-state index is 0.123. The van der Waals surface area contributed by atoms with Crippen molar-refractivity contribution in [3.8, 4) is 5.75 Å². The van der Waals surface area contributed by atoms with Crippen molar-refractivity contribution < 1.29 is 4.74 Å². The van der Waals surface area contributed by atoms with Crippen LogP contribution in [0.4, 0.5) is 0 Å². The molecule has 0 aliphatic heterocycles. The molecule has 0 bridgehead atoms. The minimum Gasteiger partial charge on any atom is -0.497 e. The summed E-state index contributed by atoms with van der Waals surface area (Å²) in [6.07, 6.45) is 2.20. The Morgan fingerprint density at radius 2 is 1.73 bits per heavy atom. The fourth-order valence-corrected chi connectivity index (χ4v) is 1.73. The third-order valence-corrected chi connectivity index (χ3v) is 2.95. The van der Waals surface area contributed by atoms with Crippen LogP contribution in [-0.4, -0.2) is 7.11 Å². The lowest BCUT2D eigenvalue weighted by Gasteiger charge is -2.11. The molecule has 0 N–H and O–H groups in total. The fraction of sp³-hybridized carbons (Fsp3) is 0.538. The minimum atomic E-state index is 0.123. The average molecular weight is 227 g/mol. The molecule has 1 aromatic rings. The molecule has 0 saturated heterocycles. The third kappa shape index (κ3) is 4.13. The van der Waals surface area contributed by atoms with Crippen molar-refractivity contribution in [3.63, 3.8) is 0 Å². The van der Waals surface area contributed by atoms with Gasteiger partial charge in [0.15, 0.2) is 0 Å². The summed E-state index contributed by atoms with van der Waals surface area (Å²) in [4.78, 5) is 0. The van der Waals surface area contributed by atoms with Crippen LogP contribution in [0.1, 0.15) is 37.6 Å². The van der Waals surface area contributed by atoms with Crippen LogP contribution < -0.4 is 4.74 Å². The van der Waals surface area contributed by atoms with Gasteiger partial charge in [-0.2, -0.15) is 0 Å². The Morgan fingerprint density at radius 3 is 2.20 bits per heavy atom. The Kier molecular flexibility index (Phi) is 4.97. The molecule has 1 unspecified atom stereocenters. The van der Waals surface area contributed by atoms with Gasteiger partial charge in [-0.15, -0.1) is 11.6 Å². The molecule has 1 nitrogen and oxygen atoms in total. The number of hydrogen-bond donors (Lipinski definition) is 0. The molecule has 1 atom stereocenters. The first-order chi connectivity index (χ1) is 7.13. The third-order valence-electron chi connectivity index (χ3n) is 2.47. The van der Waals surface area contributed by atoms with Gasteiger partial charge in [0.25, 0.3) is 0 Å². The first-order valence-electron chi connectivity index (χ1n) is 5.41. The quantitative estimate of drug-likeness (QED) is 0.676. The van der Waals surface area contributed by atoms with E-state index in [1.54, 1.807) is 7.11 Å². The van der Waals surface area contributed by atoms with E-state index in [1.807, 2.05) is 24.3 Å². The van der Waals surface area contributed by atoms with Crippen LogP contribution in [0.25, 0.3) is 0 Å². The summed E-state index contributed by atoms with van der Waals surface area (Å²) < 4.78 is 5.10. The zero-order chi connectivity index (χ0) is 11.3. The van der Waals surface area contributed by atoms with Gasteiger partial charge in [0.2, 0.25) is 0 Å². The molecule has 84 valence electrons. The van der Waals surface area contributed by atoms with Crippen LogP contribution in [-0.2, 0) is 0 Å². The van der Waals surface area contributed by atoms with Crippen LogP contribution in [0.2, 0.25) is 0 Å². The van der Waals surface area contributed by atoms with E-state index >= 15 is 0 Å². The lowest BCUT2D eigenvalue weighted by atomic mass is 10.0. The van der Waals surface area contributed by atoms with Crippen LogP contribution >= 0.6 is 11.6 Å². The standard InChI is InChI=1S/C13H19ClO/c1-10(2)4-9-13(14)11-5-7-12(15-3)8-6-11/h5-8,10,13H,4,9H2,1-3H3. The van der Waals surface area contributed by atoms with Crippen molar-refractivity contribution in [2.75, 3.05) is 7.11 Å². The highest BCUT2D eigenvalue weighted by Gasteiger charge is 2.08. The summed E-state index contributed by atoms with van der Waals surface area (Å²) in [5, 5.41) is 0.123. The second-order valence-corrected chi connectivity index (χ2v) is 4.74. The molecule has 0 spiro atoms. The molecule has 2 heteroatoms. The normalized spacial score (nSPS) is 12.9. The van der Waals surface area contributed by atoms with Gasteiger partial charge in [-0.3, -0.25) is 0 Å². The topological polar surface area (TPSA) is 9.23 Å². The van der Waals surface area contributed by atoms with Crippen LogP contribution in [0, 0.1) is 5.92 Å². The summed E-state index contributed by atoms with van der Waals surface area (Å²) in [7, 11) is 1.67. The lowest BCUT2D eigenvalue weighted by molar-refractivity contribution is 0.414. The second kappa shape index (κ2) is 6.02.